The minimum atomic E-state index is -1.44. The van der Waals surface area contributed by atoms with Crippen molar-refractivity contribution >= 4 is 7.26 Å². The Balaban J connectivity index is 2.93. The molecule has 1 aromatic carbocycles. The van der Waals surface area contributed by atoms with E-state index < -0.39 is 7.26 Å². The van der Waals surface area contributed by atoms with Crippen LogP contribution in [0.4, 0.5) is 0 Å². The molecule has 1 aromatic rings. The van der Waals surface area contributed by atoms with Crippen molar-refractivity contribution in [3.8, 4) is 0 Å². The molecule has 0 spiro atoms. The van der Waals surface area contributed by atoms with E-state index >= 15 is 0 Å². The Morgan fingerprint density at radius 2 is 1.53 bits per heavy atom. The molecule has 1 rings (SSSR count). The Hall–Kier alpha value is -1.39. The number of hydrogen-bond acceptors (Lipinski definition) is 0. The van der Waals surface area contributed by atoms with Crippen LogP contribution in [-0.2, 0) is 6.16 Å². The Morgan fingerprint density at radius 3 is 2.05 bits per heavy atom. The first-order valence-electron chi connectivity index (χ1n) is 6.79. The predicted molar refractivity (Wildman–Crippen MR) is 92.8 cm³/mol. The van der Waals surface area contributed by atoms with Crippen LogP contribution in [0.5, 0.6) is 0 Å². The van der Waals surface area contributed by atoms with Gasteiger partial charge >= 0.3 is 118 Å². The van der Waals surface area contributed by atoms with Gasteiger partial charge in [0.1, 0.15) is 0 Å². The summed E-state index contributed by atoms with van der Waals surface area (Å²) in [6.07, 6.45) is 14.9. The molecule has 0 bridgehead atoms. The summed E-state index contributed by atoms with van der Waals surface area (Å²) in [6, 6.07) is 10.8. The molecule has 0 N–H and O–H groups in total. The third-order valence-corrected chi connectivity index (χ3v) is 7.97. The maximum atomic E-state index is 3.95. The van der Waals surface area contributed by atoms with Gasteiger partial charge in [0, 0.05) is 0 Å². The van der Waals surface area contributed by atoms with Crippen molar-refractivity contribution in [1.29, 1.82) is 0 Å². The molecule has 0 nitrogen and oxygen atoms in total. The fourth-order valence-electron chi connectivity index (χ4n) is 2.52. The minimum absolute atomic E-state index is 1.13. The van der Waals surface area contributed by atoms with Crippen LogP contribution < -0.4 is 0 Å². The van der Waals surface area contributed by atoms with Crippen molar-refractivity contribution in [1.82, 2.24) is 0 Å². The molecular weight excluding hydrogens is 247 g/mol. The van der Waals surface area contributed by atoms with Crippen LogP contribution in [0.25, 0.3) is 0 Å². The summed E-state index contributed by atoms with van der Waals surface area (Å²) in [6.45, 7) is 11.7. The van der Waals surface area contributed by atoms with Gasteiger partial charge in [0.25, 0.3) is 0 Å². The molecular formula is C18H25P. The molecule has 0 amide bonds. The Bertz CT molecular complexity index is 418. The van der Waals surface area contributed by atoms with E-state index in [2.05, 4.69) is 74.4 Å². The van der Waals surface area contributed by atoms with E-state index in [1.165, 1.54) is 11.7 Å². The van der Waals surface area contributed by atoms with Crippen LogP contribution in [-0.4, -0.2) is 18.5 Å². The first-order chi connectivity index (χ1) is 9.26. The van der Waals surface area contributed by atoms with E-state index in [4.69, 9.17) is 0 Å². The number of rotatable bonds is 9. The number of hydrogen-bond donors (Lipinski definition) is 0. The fourth-order valence-corrected chi connectivity index (χ4v) is 6.42. The van der Waals surface area contributed by atoms with Gasteiger partial charge in [0.2, 0.25) is 0 Å². The zero-order valence-electron chi connectivity index (χ0n) is 11.7. The monoisotopic (exact) mass is 272 g/mol. The average Bonchev–Trinajstić information content (AvgIpc) is 2.41. The zero-order chi connectivity index (χ0) is 14.0. The van der Waals surface area contributed by atoms with E-state index in [0.29, 0.717) is 0 Å². The molecule has 0 atom stereocenters. The standard InChI is InChI=1S/C18H25P/c1-4-7-11-16-19(14-5-2,15-6-3)17-18-12-9-8-10-13-18/h4-13,19H,1-3,14-17H2. The second kappa shape index (κ2) is 8.67. The van der Waals surface area contributed by atoms with Crippen LogP contribution in [0.3, 0.4) is 0 Å². The Morgan fingerprint density at radius 1 is 0.895 bits per heavy atom. The second-order valence-corrected chi connectivity index (χ2v) is 9.59. The molecule has 19 heavy (non-hydrogen) atoms. The number of benzene rings is 1. The normalized spacial score (nSPS) is 12.2. The molecule has 0 saturated heterocycles. The molecule has 0 aromatic heterocycles. The third kappa shape index (κ3) is 5.41. The average molecular weight is 272 g/mol. The van der Waals surface area contributed by atoms with Crippen LogP contribution in [0.15, 0.2) is 80.4 Å². The molecule has 0 aliphatic rings. The molecule has 0 aliphatic carbocycles. The van der Waals surface area contributed by atoms with Gasteiger partial charge in [-0.2, -0.15) is 0 Å². The van der Waals surface area contributed by atoms with Crippen LogP contribution in [0.1, 0.15) is 5.56 Å². The third-order valence-electron chi connectivity index (χ3n) is 3.40. The van der Waals surface area contributed by atoms with Crippen molar-refractivity contribution < 1.29 is 0 Å². The van der Waals surface area contributed by atoms with Gasteiger partial charge in [-0.1, -0.05) is 0 Å². The molecule has 0 unspecified atom stereocenters. The molecule has 0 aliphatic heterocycles. The first-order valence-corrected chi connectivity index (χ1v) is 9.62. The fraction of sp³-hybridized carbons (Fsp3) is 0.222. The summed E-state index contributed by atoms with van der Waals surface area (Å²) < 4.78 is 0. The quantitative estimate of drug-likeness (QED) is 0.335. The molecule has 0 heterocycles. The van der Waals surface area contributed by atoms with Crippen molar-refractivity contribution in [3.05, 3.63) is 86.0 Å². The van der Waals surface area contributed by atoms with Crippen LogP contribution in [0, 0.1) is 0 Å². The Kier molecular flexibility index (Phi) is 7.15. The first kappa shape index (κ1) is 15.7. The molecule has 0 fully saturated rings. The topological polar surface area (TPSA) is 0 Å². The molecule has 102 valence electrons. The van der Waals surface area contributed by atoms with Gasteiger partial charge in [-0.15, -0.1) is 0 Å². The van der Waals surface area contributed by atoms with Gasteiger partial charge in [0.15, 0.2) is 0 Å². The van der Waals surface area contributed by atoms with Gasteiger partial charge in [-0.05, 0) is 0 Å². The molecule has 1 heteroatoms. The van der Waals surface area contributed by atoms with Crippen LogP contribution >= 0.6 is 7.26 Å². The molecule has 0 saturated carbocycles. The van der Waals surface area contributed by atoms with Gasteiger partial charge < -0.3 is 0 Å². The van der Waals surface area contributed by atoms with Crippen molar-refractivity contribution in [2.24, 2.45) is 0 Å². The van der Waals surface area contributed by atoms with Gasteiger partial charge in [-0.25, -0.2) is 0 Å². The van der Waals surface area contributed by atoms with E-state index in [0.717, 1.165) is 18.5 Å². The van der Waals surface area contributed by atoms with Crippen molar-refractivity contribution in [2.75, 3.05) is 18.5 Å². The van der Waals surface area contributed by atoms with Crippen molar-refractivity contribution in [3.63, 3.8) is 0 Å². The summed E-state index contributed by atoms with van der Waals surface area (Å²) in [7, 11) is -1.44. The summed E-state index contributed by atoms with van der Waals surface area (Å²) in [5, 5.41) is 0. The second-order valence-electron chi connectivity index (χ2n) is 5.02. The summed E-state index contributed by atoms with van der Waals surface area (Å²) in [5.41, 5.74) is 1.44. The SMILES string of the molecule is C=CC=CC[PH](CC=C)(CC=C)Cc1ccccc1. The Labute approximate surface area is 118 Å². The zero-order valence-corrected chi connectivity index (χ0v) is 12.7. The van der Waals surface area contributed by atoms with Crippen LogP contribution in [0.2, 0.25) is 0 Å². The van der Waals surface area contributed by atoms with E-state index in [9.17, 15) is 0 Å². The summed E-state index contributed by atoms with van der Waals surface area (Å²) >= 11 is 0. The predicted octanol–water partition coefficient (Wildman–Crippen LogP) is 5.05. The van der Waals surface area contributed by atoms with E-state index in [1.807, 2.05) is 6.08 Å². The maximum absolute atomic E-state index is 3.95. The van der Waals surface area contributed by atoms with E-state index in [-0.39, 0.29) is 0 Å². The molecule has 0 radical (unpaired) electrons. The van der Waals surface area contributed by atoms with Gasteiger partial charge in [-0.3, -0.25) is 0 Å². The number of allylic oxidation sites excluding steroid dienone is 5. The van der Waals surface area contributed by atoms with Gasteiger partial charge in [0.05, 0.1) is 0 Å². The van der Waals surface area contributed by atoms with E-state index in [1.54, 1.807) is 0 Å². The van der Waals surface area contributed by atoms with Crippen molar-refractivity contribution in [2.45, 2.75) is 6.16 Å². The summed E-state index contributed by atoms with van der Waals surface area (Å²) in [4.78, 5) is 0. The summed E-state index contributed by atoms with van der Waals surface area (Å²) in [5.74, 6) is 0.